The highest BCUT2D eigenvalue weighted by atomic mass is 19.4. The number of hydrogen-bond acceptors (Lipinski definition) is 2. The summed E-state index contributed by atoms with van der Waals surface area (Å²) < 4.78 is 65.2. The molecule has 4 nitrogen and oxygen atoms in total. The fourth-order valence-corrected chi connectivity index (χ4v) is 2.21. The number of carbonyl (C=O) groups excluding carboxylic acids is 2. The maximum Gasteiger partial charge on any atom is 0.418 e. The molecule has 0 fully saturated rings. The highest BCUT2D eigenvalue weighted by Crippen LogP contribution is 2.34. The van der Waals surface area contributed by atoms with E-state index in [2.05, 4.69) is 5.32 Å². The van der Waals surface area contributed by atoms with Crippen molar-refractivity contribution < 1.29 is 31.5 Å². The maximum atomic E-state index is 13.3. The zero-order valence-corrected chi connectivity index (χ0v) is 13.4. The summed E-state index contributed by atoms with van der Waals surface area (Å²) >= 11 is 0. The van der Waals surface area contributed by atoms with E-state index in [1.807, 2.05) is 0 Å². The number of hydrogen-bond donors (Lipinski definition) is 1. The topological polar surface area (TPSA) is 49.4 Å². The van der Waals surface area contributed by atoms with Gasteiger partial charge in [-0.1, -0.05) is 12.1 Å². The molecule has 2 amide bonds. The molecule has 0 radical (unpaired) electrons. The Morgan fingerprint density at radius 2 is 1.69 bits per heavy atom. The number of carbonyl (C=O) groups is 2. The standard InChI is InChI=1S/C17H13F5N2O2/c1-10(25)24(11-6-7-13(18)14(19)8-11)9-16(26)23-15-5-3-2-4-12(15)17(20,21)22/h2-8H,9H2,1H3,(H,23,26). The number of nitrogens with one attached hydrogen (secondary N) is 1. The van der Waals surface area contributed by atoms with Crippen molar-refractivity contribution in [2.45, 2.75) is 13.1 Å². The van der Waals surface area contributed by atoms with Gasteiger partial charge in [0.15, 0.2) is 11.6 Å². The lowest BCUT2D eigenvalue weighted by Gasteiger charge is -2.21. The second kappa shape index (κ2) is 7.51. The third-order valence-electron chi connectivity index (χ3n) is 3.40. The fraction of sp³-hybridized carbons (Fsp3) is 0.176. The molecule has 0 bridgehead atoms. The van der Waals surface area contributed by atoms with Crippen LogP contribution in [-0.4, -0.2) is 18.4 Å². The molecule has 2 aromatic carbocycles. The van der Waals surface area contributed by atoms with Gasteiger partial charge in [-0.15, -0.1) is 0 Å². The predicted molar refractivity (Wildman–Crippen MR) is 84.5 cm³/mol. The Balaban J connectivity index is 2.22. The van der Waals surface area contributed by atoms with E-state index in [9.17, 15) is 31.5 Å². The molecule has 0 saturated heterocycles. The minimum Gasteiger partial charge on any atom is -0.324 e. The van der Waals surface area contributed by atoms with Crippen molar-refractivity contribution in [1.82, 2.24) is 0 Å². The Morgan fingerprint density at radius 1 is 1.04 bits per heavy atom. The van der Waals surface area contributed by atoms with Gasteiger partial charge in [-0.3, -0.25) is 9.59 Å². The van der Waals surface area contributed by atoms with Crippen LogP contribution in [-0.2, 0) is 15.8 Å². The van der Waals surface area contributed by atoms with Crippen molar-refractivity contribution in [2.24, 2.45) is 0 Å². The highest BCUT2D eigenvalue weighted by Gasteiger charge is 2.33. The van der Waals surface area contributed by atoms with E-state index < -0.39 is 47.4 Å². The third-order valence-corrected chi connectivity index (χ3v) is 3.40. The molecule has 0 unspecified atom stereocenters. The van der Waals surface area contributed by atoms with Gasteiger partial charge in [-0.25, -0.2) is 8.78 Å². The molecule has 0 aliphatic heterocycles. The normalized spacial score (nSPS) is 11.2. The first kappa shape index (κ1) is 19.4. The van der Waals surface area contributed by atoms with Crippen LogP contribution >= 0.6 is 0 Å². The number of alkyl halides is 3. The second-order valence-electron chi connectivity index (χ2n) is 5.30. The van der Waals surface area contributed by atoms with Crippen molar-refractivity contribution >= 4 is 23.2 Å². The average molecular weight is 372 g/mol. The van der Waals surface area contributed by atoms with Gasteiger partial charge < -0.3 is 10.2 Å². The Kier molecular flexibility index (Phi) is 5.59. The van der Waals surface area contributed by atoms with Gasteiger partial charge in [-0.05, 0) is 24.3 Å². The summed E-state index contributed by atoms with van der Waals surface area (Å²) in [6.07, 6.45) is -4.68. The Hall–Kier alpha value is -2.97. The largest absolute Gasteiger partial charge is 0.418 e. The van der Waals surface area contributed by atoms with Crippen LogP contribution in [0, 0.1) is 11.6 Å². The molecule has 0 aliphatic carbocycles. The number of benzene rings is 2. The number of anilines is 2. The maximum absolute atomic E-state index is 13.3. The molecule has 0 spiro atoms. The molecular formula is C17H13F5N2O2. The van der Waals surface area contributed by atoms with Crippen LogP contribution in [0.3, 0.4) is 0 Å². The number of rotatable bonds is 4. The second-order valence-corrected chi connectivity index (χ2v) is 5.30. The predicted octanol–water partition coefficient (Wildman–Crippen LogP) is 3.98. The van der Waals surface area contributed by atoms with Crippen molar-refractivity contribution in [3.05, 3.63) is 59.7 Å². The Labute approximate surface area is 145 Å². The van der Waals surface area contributed by atoms with Crippen molar-refractivity contribution in [3.63, 3.8) is 0 Å². The summed E-state index contributed by atoms with van der Waals surface area (Å²) in [5.74, 6) is -3.96. The highest BCUT2D eigenvalue weighted by molar-refractivity contribution is 6.02. The molecule has 2 aromatic rings. The lowest BCUT2D eigenvalue weighted by atomic mass is 10.1. The van der Waals surface area contributed by atoms with Crippen LogP contribution in [0.5, 0.6) is 0 Å². The SMILES string of the molecule is CC(=O)N(CC(=O)Nc1ccccc1C(F)(F)F)c1ccc(F)c(F)c1. The first-order valence-corrected chi connectivity index (χ1v) is 7.29. The molecule has 138 valence electrons. The van der Waals surface area contributed by atoms with E-state index >= 15 is 0 Å². The molecule has 2 rings (SSSR count). The minimum absolute atomic E-state index is 0.101. The van der Waals surface area contributed by atoms with Crippen molar-refractivity contribution in [3.8, 4) is 0 Å². The first-order valence-electron chi connectivity index (χ1n) is 7.29. The van der Waals surface area contributed by atoms with Gasteiger partial charge >= 0.3 is 6.18 Å². The monoisotopic (exact) mass is 372 g/mol. The van der Waals surface area contributed by atoms with Gasteiger partial charge in [-0.2, -0.15) is 13.2 Å². The lowest BCUT2D eigenvalue weighted by Crippen LogP contribution is -2.37. The Bertz CT molecular complexity index is 836. The molecule has 1 N–H and O–H groups in total. The molecular weight excluding hydrogens is 359 g/mol. The molecule has 0 aliphatic rings. The summed E-state index contributed by atoms with van der Waals surface area (Å²) in [5.41, 5.74) is -1.62. The average Bonchev–Trinajstić information content (AvgIpc) is 2.54. The number of halogens is 5. The summed E-state index contributed by atoms with van der Waals surface area (Å²) in [6.45, 7) is 0.408. The first-order chi connectivity index (χ1) is 12.1. The van der Waals surface area contributed by atoms with Crippen LogP contribution in [0.15, 0.2) is 42.5 Å². The molecule has 0 heterocycles. The van der Waals surface area contributed by atoms with Gasteiger partial charge in [0.2, 0.25) is 11.8 Å². The van der Waals surface area contributed by atoms with Crippen LogP contribution in [0.1, 0.15) is 12.5 Å². The molecule has 9 heteroatoms. The van der Waals surface area contributed by atoms with E-state index in [0.29, 0.717) is 6.07 Å². The van der Waals surface area contributed by atoms with Gasteiger partial charge in [0, 0.05) is 18.7 Å². The summed E-state index contributed by atoms with van der Waals surface area (Å²) in [5, 5.41) is 2.08. The summed E-state index contributed by atoms with van der Waals surface area (Å²) in [4.78, 5) is 24.6. The van der Waals surface area contributed by atoms with Gasteiger partial charge in [0.05, 0.1) is 11.3 Å². The zero-order valence-electron chi connectivity index (χ0n) is 13.4. The molecule has 26 heavy (non-hydrogen) atoms. The van der Waals surface area contributed by atoms with Crippen LogP contribution < -0.4 is 10.2 Å². The van der Waals surface area contributed by atoms with Crippen LogP contribution in [0.2, 0.25) is 0 Å². The molecule has 0 saturated carbocycles. The quantitative estimate of drug-likeness (QED) is 0.826. The third kappa shape index (κ3) is 4.56. The number of para-hydroxylation sites is 1. The Morgan fingerprint density at radius 3 is 2.27 bits per heavy atom. The van der Waals surface area contributed by atoms with Gasteiger partial charge in [0.25, 0.3) is 0 Å². The van der Waals surface area contributed by atoms with Crippen molar-refractivity contribution in [1.29, 1.82) is 0 Å². The fourth-order valence-electron chi connectivity index (χ4n) is 2.21. The summed E-state index contributed by atoms with van der Waals surface area (Å²) in [7, 11) is 0. The zero-order chi connectivity index (χ0) is 19.5. The van der Waals surface area contributed by atoms with E-state index in [1.165, 1.54) is 12.1 Å². The van der Waals surface area contributed by atoms with Crippen LogP contribution in [0.4, 0.5) is 33.3 Å². The smallest absolute Gasteiger partial charge is 0.324 e. The molecule has 0 atom stereocenters. The number of amides is 2. The summed E-state index contributed by atoms with van der Waals surface area (Å²) in [6, 6.07) is 6.91. The van der Waals surface area contributed by atoms with Crippen LogP contribution in [0.25, 0.3) is 0 Å². The molecule has 0 aromatic heterocycles. The minimum atomic E-state index is -4.68. The van der Waals surface area contributed by atoms with Crippen molar-refractivity contribution in [2.75, 3.05) is 16.8 Å². The van der Waals surface area contributed by atoms with E-state index in [0.717, 1.165) is 36.1 Å². The van der Waals surface area contributed by atoms with Gasteiger partial charge in [0.1, 0.15) is 6.54 Å². The van der Waals surface area contributed by atoms with E-state index in [4.69, 9.17) is 0 Å². The lowest BCUT2D eigenvalue weighted by molar-refractivity contribution is -0.137. The van der Waals surface area contributed by atoms with E-state index in [1.54, 1.807) is 0 Å². The number of nitrogens with zero attached hydrogens (tertiary/aromatic N) is 1. The van der Waals surface area contributed by atoms with E-state index in [-0.39, 0.29) is 5.69 Å².